The maximum Gasteiger partial charge on any atom is 0.130 e. The van der Waals surface area contributed by atoms with Crippen LogP contribution in [0.15, 0.2) is 18.2 Å². The molecule has 18 heavy (non-hydrogen) atoms. The number of nitrogens with zero attached hydrogens (tertiary/aromatic N) is 1. The molecule has 1 unspecified atom stereocenters. The van der Waals surface area contributed by atoms with Crippen molar-refractivity contribution in [3.05, 3.63) is 35.0 Å². The van der Waals surface area contributed by atoms with Crippen LogP contribution in [0.4, 0.5) is 0 Å². The molecule has 0 saturated heterocycles. The van der Waals surface area contributed by atoms with E-state index in [-0.39, 0.29) is 6.04 Å². The molecule has 1 aromatic carbocycles. The highest BCUT2D eigenvalue weighted by atomic mass is 16.5. The van der Waals surface area contributed by atoms with Crippen LogP contribution in [0, 0.1) is 13.8 Å². The summed E-state index contributed by atoms with van der Waals surface area (Å²) in [7, 11) is 1.70. The number of ether oxygens (including phenoxy) is 1. The number of hydrogen-bond donors (Lipinski definition) is 1. The maximum atomic E-state index is 5.87. The Hall–Kier alpha value is -1.61. The Morgan fingerprint density at radius 1 is 1.28 bits per heavy atom. The van der Waals surface area contributed by atoms with Crippen molar-refractivity contribution in [1.29, 1.82) is 0 Å². The lowest BCUT2D eigenvalue weighted by molar-refractivity contribution is 0.419. The van der Waals surface area contributed by atoms with Crippen LogP contribution in [0.3, 0.4) is 0 Å². The first kappa shape index (κ1) is 12.8. The van der Waals surface area contributed by atoms with Crippen LogP contribution < -0.4 is 10.5 Å². The Bertz CT molecular complexity index is 576. The Morgan fingerprint density at radius 2 is 2.00 bits per heavy atom. The Morgan fingerprint density at radius 3 is 2.61 bits per heavy atom. The van der Waals surface area contributed by atoms with Gasteiger partial charge in [-0.15, -0.1) is 0 Å². The van der Waals surface area contributed by atoms with E-state index in [0.717, 1.165) is 28.8 Å². The molecule has 1 heterocycles. The fourth-order valence-corrected chi connectivity index (χ4v) is 2.33. The zero-order valence-corrected chi connectivity index (χ0v) is 11.4. The summed E-state index contributed by atoms with van der Waals surface area (Å²) in [5.74, 6) is 0.882. The van der Waals surface area contributed by atoms with Crippen molar-refractivity contribution in [1.82, 2.24) is 4.98 Å². The summed E-state index contributed by atoms with van der Waals surface area (Å²) in [4.78, 5) is 4.59. The highest BCUT2D eigenvalue weighted by molar-refractivity contribution is 5.88. The minimum atomic E-state index is 0.159. The number of aryl methyl sites for hydroxylation is 2. The topological polar surface area (TPSA) is 48.1 Å². The number of benzene rings is 1. The molecule has 0 aliphatic heterocycles. The normalized spacial score (nSPS) is 12.7. The van der Waals surface area contributed by atoms with Crippen LogP contribution in [0.5, 0.6) is 5.75 Å². The van der Waals surface area contributed by atoms with E-state index in [2.05, 4.69) is 24.0 Å². The van der Waals surface area contributed by atoms with E-state index in [0.29, 0.717) is 0 Å². The second-order valence-electron chi connectivity index (χ2n) is 4.96. The molecule has 2 aromatic rings. The predicted octanol–water partition coefficient (Wildman–Crippen LogP) is 2.75. The lowest BCUT2D eigenvalue weighted by atomic mass is 10.0. The average Bonchev–Trinajstić information content (AvgIpc) is 2.28. The minimum Gasteiger partial charge on any atom is -0.496 e. The van der Waals surface area contributed by atoms with Crippen molar-refractivity contribution in [2.24, 2.45) is 5.73 Å². The summed E-state index contributed by atoms with van der Waals surface area (Å²) < 4.78 is 5.45. The smallest absolute Gasteiger partial charge is 0.130 e. The third kappa shape index (κ3) is 2.46. The number of methoxy groups -OCH3 is 1. The molecule has 0 aliphatic carbocycles. The van der Waals surface area contributed by atoms with E-state index < -0.39 is 0 Å². The molecule has 96 valence electrons. The third-order valence-electron chi connectivity index (χ3n) is 3.03. The van der Waals surface area contributed by atoms with Crippen molar-refractivity contribution in [3.8, 4) is 5.75 Å². The number of nitrogens with two attached hydrogens (primary N) is 1. The molecule has 0 bridgehead atoms. The van der Waals surface area contributed by atoms with Gasteiger partial charge in [0.05, 0.1) is 12.6 Å². The number of fused-ring (bicyclic) bond motifs is 1. The fraction of sp³-hybridized carbons (Fsp3) is 0.400. The molecular formula is C15H20N2O. The molecule has 3 heteroatoms. The molecule has 0 fully saturated rings. The van der Waals surface area contributed by atoms with Gasteiger partial charge in [-0.3, -0.25) is 4.98 Å². The van der Waals surface area contributed by atoms with E-state index in [9.17, 15) is 0 Å². The van der Waals surface area contributed by atoms with Crippen LogP contribution >= 0.6 is 0 Å². The summed E-state index contributed by atoms with van der Waals surface area (Å²) in [6.07, 6.45) is 0.869. The summed E-state index contributed by atoms with van der Waals surface area (Å²) >= 11 is 0. The second kappa shape index (κ2) is 4.94. The quantitative estimate of drug-likeness (QED) is 0.903. The van der Waals surface area contributed by atoms with Gasteiger partial charge in [-0.05, 0) is 44.4 Å². The standard InChI is InChI=1S/C15H20N2O/c1-9-5-12(6-10(2)16)8-13-14(18-4)7-11(3)17-15(9)13/h5,7-8,10H,6,16H2,1-4H3. The van der Waals surface area contributed by atoms with E-state index in [1.165, 1.54) is 11.1 Å². The van der Waals surface area contributed by atoms with E-state index >= 15 is 0 Å². The Balaban J connectivity index is 2.66. The largest absolute Gasteiger partial charge is 0.496 e. The van der Waals surface area contributed by atoms with Crippen molar-refractivity contribution in [2.75, 3.05) is 7.11 Å². The third-order valence-corrected chi connectivity index (χ3v) is 3.03. The van der Waals surface area contributed by atoms with Crippen LogP contribution in [-0.4, -0.2) is 18.1 Å². The molecule has 3 nitrogen and oxygen atoms in total. The summed E-state index contributed by atoms with van der Waals surface area (Å²) in [6.45, 7) is 6.08. The van der Waals surface area contributed by atoms with E-state index in [1.54, 1.807) is 7.11 Å². The first-order valence-corrected chi connectivity index (χ1v) is 6.21. The lowest BCUT2D eigenvalue weighted by Gasteiger charge is -2.12. The minimum absolute atomic E-state index is 0.159. The molecular weight excluding hydrogens is 224 g/mol. The van der Waals surface area contributed by atoms with E-state index in [4.69, 9.17) is 10.5 Å². The van der Waals surface area contributed by atoms with Crippen molar-refractivity contribution < 1.29 is 4.74 Å². The van der Waals surface area contributed by atoms with Crippen LogP contribution in [0.1, 0.15) is 23.7 Å². The number of rotatable bonds is 3. The maximum absolute atomic E-state index is 5.87. The molecule has 0 aliphatic rings. The Kier molecular flexibility index (Phi) is 3.53. The first-order valence-electron chi connectivity index (χ1n) is 6.21. The van der Waals surface area contributed by atoms with Crippen molar-refractivity contribution in [2.45, 2.75) is 33.2 Å². The molecule has 1 aromatic heterocycles. The summed E-state index contributed by atoms with van der Waals surface area (Å²) in [5, 5.41) is 1.07. The Labute approximate surface area is 108 Å². The van der Waals surface area contributed by atoms with Gasteiger partial charge < -0.3 is 10.5 Å². The molecule has 0 saturated carbocycles. The average molecular weight is 244 g/mol. The SMILES string of the molecule is COc1cc(C)nc2c(C)cc(CC(C)N)cc12. The van der Waals surface area contributed by atoms with E-state index in [1.807, 2.05) is 19.9 Å². The second-order valence-corrected chi connectivity index (χ2v) is 4.96. The van der Waals surface area contributed by atoms with Crippen LogP contribution in [-0.2, 0) is 6.42 Å². The number of pyridine rings is 1. The van der Waals surface area contributed by atoms with Gasteiger partial charge in [-0.1, -0.05) is 6.07 Å². The zero-order chi connectivity index (χ0) is 13.3. The van der Waals surface area contributed by atoms with Crippen LogP contribution in [0.25, 0.3) is 10.9 Å². The molecule has 0 radical (unpaired) electrons. The monoisotopic (exact) mass is 244 g/mol. The molecule has 2 rings (SSSR count). The molecule has 2 N–H and O–H groups in total. The summed E-state index contributed by atoms with van der Waals surface area (Å²) in [6, 6.07) is 6.43. The summed E-state index contributed by atoms with van der Waals surface area (Å²) in [5.41, 5.74) is 10.3. The van der Waals surface area contributed by atoms with Gasteiger partial charge in [0.1, 0.15) is 5.75 Å². The van der Waals surface area contributed by atoms with Gasteiger partial charge in [0.25, 0.3) is 0 Å². The first-order chi connectivity index (χ1) is 8.51. The zero-order valence-electron chi connectivity index (χ0n) is 11.4. The van der Waals surface area contributed by atoms with Gasteiger partial charge in [0.15, 0.2) is 0 Å². The van der Waals surface area contributed by atoms with Gasteiger partial charge >= 0.3 is 0 Å². The predicted molar refractivity (Wildman–Crippen MR) is 75.1 cm³/mol. The van der Waals surface area contributed by atoms with Gasteiger partial charge in [0.2, 0.25) is 0 Å². The van der Waals surface area contributed by atoms with Gasteiger partial charge in [-0.25, -0.2) is 0 Å². The van der Waals surface area contributed by atoms with Crippen molar-refractivity contribution >= 4 is 10.9 Å². The number of hydrogen-bond acceptors (Lipinski definition) is 3. The molecule has 0 amide bonds. The molecule has 0 spiro atoms. The van der Waals surface area contributed by atoms with Crippen molar-refractivity contribution in [3.63, 3.8) is 0 Å². The highest BCUT2D eigenvalue weighted by Crippen LogP contribution is 2.29. The lowest BCUT2D eigenvalue weighted by Crippen LogP contribution is -2.17. The highest BCUT2D eigenvalue weighted by Gasteiger charge is 2.09. The fourth-order valence-electron chi connectivity index (χ4n) is 2.33. The van der Waals surface area contributed by atoms with Gasteiger partial charge in [-0.2, -0.15) is 0 Å². The number of aromatic nitrogens is 1. The van der Waals surface area contributed by atoms with Crippen LogP contribution in [0.2, 0.25) is 0 Å². The molecule has 1 atom stereocenters. The van der Waals surface area contributed by atoms with Gasteiger partial charge in [0, 0.05) is 23.2 Å².